The fourth-order valence-corrected chi connectivity index (χ4v) is 4.60. The van der Waals surface area contributed by atoms with E-state index in [9.17, 15) is 9.59 Å². The summed E-state index contributed by atoms with van der Waals surface area (Å²) in [5.41, 5.74) is 1.98. The molecule has 2 aromatic carbocycles. The van der Waals surface area contributed by atoms with Crippen molar-refractivity contribution in [1.29, 1.82) is 0 Å². The first-order chi connectivity index (χ1) is 14.6. The number of hydrogen-bond acceptors (Lipinski definition) is 5. The molecule has 0 atom stereocenters. The van der Waals surface area contributed by atoms with E-state index >= 15 is 0 Å². The Morgan fingerprint density at radius 1 is 0.933 bits per heavy atom. The second-order valence-corrected chi connectivity index (χ2v) is 8.42. The van der Waals surface area contributed by atoms with Crippen molar-refractivity contribution in [3.63, 3.8) is 0 Å². The Morgan fingerprint density at radius 2 is 1.60 bits per heavy atom. The number of carbonyl (C=O) groups excluding carboxylic acids is 2. The van der Waals surface area contributed by atoms with E-state index in [1.165, 1.54) is 4.90 Å². The van der Waals surface area contributed by atoms with E-state index in [0.717, 1.165) is 41.7 Å². The summed E-state index contributed by atoms with van der Waals surface area (Å²) in [6.45, 7) is 3.26. The minimum absolute atomic E-state index is 0.193. The molecule has 0 radical (unpaired) electrons. The number of carbonyl (C=O) groups is 2. The van der Waals surface area contributed by atoms with Crippen LogP contribution in [0.15, 0.2) is 53.7 Å². The van der Waals surface area contributed by atoms with Gasteiger partial charge in [0.1, 0.15) is 0 Å². The number of rotatable bonds is 8. The SMILES string of the molecule is CCn1c(SCCCCN2C(=O)c3ccccc3C2=O)nnc1-c1ccc(Cl)cc1. The number of nitrogens with zero attached hydrogens (tertiary/aromatic N) is 4. The van der Waals surface area contributed by atoms with Gasteiger partial charge in [-0.2, -0.15) is 0 Å². The fourth-order valence-electron chi connectivity index (χ4n) is 3.47. The van der Waals surface area contributed by atoms with Gasteiger partial charge in [-0.1, -0.05) is 35.5 Å². The van der Waals surface area contributed by atoms with Crippen LogP contribution in [-0.4, -0.2) is 43.8 Å². The van der Waals surface area contributed by atoms with Crippen molar-refractivity contribution >= 4 is 35.2 Å². The third-order valence-corrected chi connectivity index (χ3v) is 6.33. The highest BCUT2D eigenvalue weighted by Crippen LogP contribution is 2.26. The molecule has 3 aromatic rings. The first-order valence-corrected chi connectivity index (χ1v) is 11.2. The van der Waals surface area contributed by atoms with E-state index in [4.69, 9.17) is 11.6 Å². The average Bonchev–Trinajstić information content (AvgIpc) is 3.28. The zero-order valence-electron chi connectivity index (χ0n) is 16.5. The van der Waals surface area contributed by atoms with Crippen LogP contribution in [0.3, 0.4) is 0 Å². The number of aromatic nitrogens is 3. The van der Waals surface area contributed by atoms with Crippen LogP contribution >= 0.6 is 23.4 Å². The fraction of sp³-hybridized carbons (Fsp3) is 0.273. The summed E-state index contributed by atoms with van der Waals surface area (Å²) < 4.78 is 2.08. The topological polar surface area (TPSA) is 68.1 Å². The molecule has 1 aliphatic heterocycles. The van der Waals surface area contributed by atoms with Gasteiger partial charge >= 0.3 is 0 Å². The van der Waals surface area contributed by atoms with E-state index in [1.807, 2.05) is 24.3 Å². The lowest BCUT2D eigenvalue weighted by Crippen LogP contribution is -2.30. The van der Waals surface area contributed by atoms with E-state index in [0.29, 0.717) is 22.7 Å². The molecule has 4 rings (SSSR count). The van der Waals surface area contributed by atoms with Crippen molar-refractivity contribution in [3.05, 3.63) is 64.7 Å². The minimum atomic E-state index is -0.193. The third kappa shape index (κ3) is 4.00. The summed E-state index contributed by atoms with van der Waals surface area (Å²) >= 11 is 7.61. The normalized spacial score (nSPS) is 13.2. The van der Waals surface area contributed by atoms with E-state index < -0.39 is 0 Å². The van der Waals surface area contributed by atoms with Gasteiger partial charge in [0.15, 0.2) is 11.0 Å². The molecular weight excluding hydrogens is 420 g/mol. The molecule has 0 saturated heterocycles. The number of thioether (sulfide) groups is 1. The molecule has 1 aliphatic rings. The predicted molar refractivity (Wildman–Crippen MR) is 118 cm³/mol. The van der Waals surface area contributed by atoms with E-state index in [1.54, 1.807) is 36.0 Å². The first kappa shape index (κ1) is 20.6. The summed E-state index contributed by atoms with van der Waals surface area (Å²) in [5, 5.41) is 10.2. The van der Waals surface area contributed by atoms with Gasteiger partial charge in [0.25, 0.3) is 11.8 Å². The molecule has 2 amide bonds. The van der Waals surface area contributed by atoms with Crippen molar-refractivity contribution in [2.45, 2.75) is 31.5 Å². The first-order valence-electron chi connectivity index (χ1n) is 9.87. The maximum absolute atomic E-state index is 12.4. The monoisotopic (exact) mass is 440 g/mol. The summed E-state index contributed by atoms with van der Waals surface area (Å²) in [6, 6.07) is 14.6. The van der Waals surface area contributed by atoms with Crippen LogP contribution in [0.4, 0.5) is 0 Å². The highest BCUT2D eigenvalue weighted by atomic mass is 35.5. The molecular formula is C22H21ClN4O2S. The van der Waals surface area contributed by atoms with Crippen LogP contribution in [0.2, 0.25) is 5.02 Å². The molecule has 0 unspecified atom stereocenters. The van der Waals surface area contributed by atoms with Crippen LogP contribution in [0, 0.1) is 0 Å². The lowest BCUT2D eigenvalue weighted by molar-refractivity contribution is 0.0652. The Hall–Kier alpha value is -2.64. The molecule has 8 heteroatoms. The number of amides is 2. The Kier molecular flexibility index (Phi) is 6.20. The summed E-state index contributed by atoms with van der Waals surface area (Å²) in [5.74, 6) is 1.27. The van der Waals surface area contributed by atoms with Gasteiger partial charge in [0.2, 0.25) is 0 Å². The van der Waals surface area contributed by atoms with E-state index in [2.05, 4.69) is 21.7 Å². The zero-order valence-corrected chi connectivity index (χ0v) is 18.1. The number of hydrogen-bond donors (Lipinski definition) is 0. The van der Waals surface area contributed by atoms with Crippen LogP contribution in [0.25, 0.3) is 11.4 Å². The van der Waals surface area contributed by atoms with Gasteiger partial charge in [-0.05, 0) is 56.2 Å². The van der Waals surface area contributed by atoms with Crippen LogP contribution < -0.4 is 0 Å². The number of imide groups is 1. The largest absolute Gasteiger partial charge is 0.302 e. The van der Waals surface area contributed by atoms with E-state index in [-0.39, 0.29) is 11.8 Å². The lowest BCUT2D eigenvalue weighted by Gasteiger charge is -2.13. The maximum atomic E-state index is 12.4. The number of unbranched alkanes of at least 4 members (excludes halogenated alkanes) is 1. The van der Waals surface area contributed by atoms with Crippen molar-refractivity contribution in [2.75, 3.05) is 12.3 Å². The molecule has 6 nitrogen and oxygen atoms in total. The second-order valence-electron chi connectivity index (χ2n) is 6.92. The minimum Gasteiger partial charge on any atom is -0.302 e. The molecule has 0 spiro atoms. The second kappa shape index (κ2) is 9.02. The van der Waals surface area contributed by atoms with Crippen molar-refractivity contribution in [1.82, 2.24) is 19.7 Å². The van der Waals surface area contributed by atoms with Crippen molar-refractivity contribution in [3.8, 4) is 11.4 Å². The number of benzene rings is 2. The van der Waals surface area contributed by atoms with Gasteiger partial charge in [-0.3, -0.25) is 14.5 Å². The molecule has 154 valence electrons. The number of halogens is 1. The summed E-state index contributed by atoms with van der Waals surface area (Å²) in [6.07, 6.45) is 1.62. The lowest BCUT2D eigenvalue weighted by atomic mass is 10.1. The Bertz CT molecular complexity index is 1050. The van der Waals surface area contributed by atoms with Crippen LogP contribution in [0.5, 0.6) is 0 Å². The Morgan fingerprint density at radius 3 is 2.23 bits per heavy atom. The highest BCUT2D eigenvalue weighted by molar-refractivity contribution is 7.99. The molecule has 1 aromatic heterocycles. The van der Waals surface area contributed by atoms with Crippen molar-refractivity contribution in [2.24, 2.45) is 0 Å². The summed E-state index contributed by atoms with van der Waals surface area (Å²) in [4.78, 5) is 26.2. The molecule has 0 fully saturated rings. The average molecular weight is 441 g/mol. The standard InChI is InChI=1S/C22H21ClN4O2S/c1-2-26-19(15-9-11-16(23)12-10-15)24-25-22(26)30-14-6-5-13-27-20(28)17-7-3-4-8-18(17)21(27)29/h3-4,7-12H,2,5-6,13-14H2,1H3. The molecule has 30 heavy (non-hydrogen) atoms. The molecule has 0 aliphatic carbocycles. The number of fused-ring (bicyclic) bond motifs is 1. The van der Waals surface area contributed by atoms with Crippen LogP contribution in [-0.2, 0) is 6.54 Å². The predicted octanol–water partition coefficient (Wildman–Crippen LogP) is 4.79. The Balaban J connectivity index is 1.31. The smallest absolute Gasteiger partial charge is 0.261 e. The molecule has 0 saturated carbocycles. The van der Waals surface area contributed by atoms with Gasteiger partial charge in [-0.25, -0.2) is 0 Å². The van der Waals surface area contributed by atoms with Gasteiger partial charge in [0.05, 0.1) is 11.1 Å². The van der Waals surface area contributed by atoms with Crippen molar-refractivity contribution < 1.29 is 9.59 Å². The highest BCUT2D eigenvalue weighted by Gasteiger charge is 2.34. The van der Waals surface area contributed by atoms with Gasteiger partial charge in [-0.15, -0.1) is 10.2 Å². The van der Waals surface area contributed by atoms with Gasteiger partial charge in [0, 0.05) is 29.4 Å². The van der Waals surface area contributed by atoms with Gasteiger partial charge < -0.3 is 4.57 Å². The molecule has 0 bridgehead atoms. The Labute approximate surface area is 184 Å². The third-order valence-electron chi connectivity index (χ3n) is 5.02. The molecule has 0 N–H and O–H groups in total. The zero-order chi connectivity index (χ0) is 21.1. The molecule has 2 heterocycles. The maximum Gasteiger partial charge on any atom is 0.261 e. The van der Waals surface area contributed by atoms with Crippen LogP contribution in [0.1, 0.15) is 40.5 Å². The summed E-state index contributed by atoms with van der Waals surface area (Å²) in [7, 11) is 0. The quantitative estimate of drug-likeness (QED) is 0.286.